The van der Waals surface area contributed by atoms with Crippen molar-refractivity contribution in [2.45, 2.75) is 38.8 Å². The number of carbonyl (C=O) groups excluding carboxylic acids is 4. The zero-order valence-corrected chi connectivity index (χ0v) is 23.2. The molecule has 2 aliphatic heterocycles. The fraction of sp³-hybridized carbons (Fsp3) is 0.440. The SMILES string of the molecule is CC(C)(C(N)=O)C(=O)NCCCNc1nc(Nc2cccc(NCC(=O)N3CC4CC3C(=O)O4)c2)ncc1Br. The Kier molecular flexibility index (Phi) is 8.53. The van der Waals surface area contributed by atoms with Crippen LogP contribution in [-0.2, 0) is 23.9 Å². The molecule has 0 radical (unpaired) electrons. The number of benzene rings is 1. The van der Waals surface area contributed by atoms with Gasteiger partial charge in [0.1, 0.15) is 23.4 Å². The molecule has 1 aromatic heterocycles. The van der Waals surface area contributed by atoms with Crippen molar-refractivity contribution < 1.29 is 23.9 Å². The van der Waals surface area contributed by atoms with Gasteiger partial charge in [-0.25, -0.2) is 9.78 Å². The monoisotopic (exact) mass is 602 g/mol. The zero-order chi connectivity index (χ0) is 28.2. The molecular weight excluding hydrogens is 572 g/mol. The highest BCUT2D eigenvalue weighted by atomic mass is 79.9. The van der Waals surface area contributed by atoms with Crippen molar-refractivity contribution in [2.24, 2.45) is 11.1 Å². The van der Waals surface area contributed by atoms with Crippen molar-refractivity contribution in [1.29, 1.82) is 0 Å². The van der Waals surface area contributed by atoms with E-state index in [2.05, 4.69) is 47.2 Å². The molecule has 2 saturated heterocycles. The number of esters is 1. The van der Waals surface area contributed by atoms with Gasteiger partial charge in [0.05, 0.1) is 17.6 Å². The third-order valence-corrected chi connectivity index (χ3v) is 7.14. The first-order chi connectivity index (χ1) is 18.5. The van der Waals surface area contributed by atoms with Crippen LogP contribution < -0.4 is 27.0 Å². The van der Waals surface area contributed by atoms with E-state index in [1.165, 1.54) is 13.8 Å². The van der Waals surface area contributed by atoms with Gasteiger partial charge in [-0.05, 0) is 54.4 Å². The van der Waals surface area contributed by atoms with Crippen molar-refractivity contribution in [2.75, 3.05) is 42.1 Å². The lowest BCUT2D eigenvalue weighted by atomic mass is 9.91. The Bertz CT molecular complexity index is 1270. The maximum atomic E-state index is 12.6. The van der Waals surface area contributed by atoms with Crippen LogP contribution in [-0.4, -0.2) is 76.9 Å². The highest BCUT2D eigenvalue weighted by Crippen LogP contribution is 2.29. The summed E-state index contributed by atoms with van der Waals surface area (Å²) in [5.41, 5.74) is 5.43. The molecule has 3 amide bonds. The highest BCUT2D eigenvalue weighted by Gasteiger charge is 2.48. The highest BCUT2D eigenvalue weighted by molar-refractivity contribution is 9.10. The molecule has 2 unspecified atom stereocenters. The van der Waals surface area contributed by atoms with Crippen LogP contribution >= 0.6 is 15.9 Å². The number of anilines is 4. The van der Waals surface area contributed by atoms with Crippen LogP contribution in [0, 0.1) is 5.41 Å². The predicted molar refractivity (Wildman–Crippen MR) is 147 cm³/mol. The van der Waals surface area contributed by atoms with Crippen LogP contribution in [0.1, 0.15) is 26.7 Å². The average molecular weight is 603 g/mol. The summed E-state index contributed by atoms with van der Waals surface area (Å²) < 4.78 is 5.81. The van der Waals surface area contributed by atoms with E-state index >= 15 is 0 Å². The molecule has 0 saturated carbocycles. The van der Waals surface area contributed by atoms with Gasteiger partial charge in [0.2, 0.25) is 23.7 Å². The minimum atomic E-state index is -1.27. The summed E-state index contributed by atoms with van der Waals surface area (Å²) in [6.07, 6.45) is 2.59. The Morgan fingerprint density at radius 1 is 1.21 bits per heavy atom. The topological polar surface area (TPSA) is 181 Å². The standard InChI is InChI=1S/C25H31BrN8O5/c1-25(2,22(27)37)23(38)29-8-4-7-28-20-17(26)11-31-24(33-20)32-15-6-3-5-14(9-15)30-12-19(35)34-13-16-10-18(34)21(36)39-16/h3,5-6,9,11,16,18,30H,4,7-8,10,12-13H2,1-2H3,(H2,27,37)(H,29,38)(H2,28,31,32,33). The number of rotatable bonds is 12. The summed E-state index contributed by atoms with van der Waals surface area (Å²) in [5.74, 6) is -0.657. The number of fused-ring (bicyclic) bond motifs is 2. The fourth-order valence-electron chi connectivity index (χ4n) is 4.12. The summed E-state index contributed by atoms with van der Waals surface area (Å²) in [5, 5.41) is 12.2. The van der Waals surface area contributed by atoms with Gasteiger partial charge >= 0.3 is 5.97 Å². The number of nitrogens with one attached hydrogen (secondary N) is 4. The number of hydrogen-bond acceptors (Lipinski definition) is 10. The maximum absolute atomic E-state index is 12.6. The van der Waals surface area contributed by atoms with Crippen molar-refractivity contribution >= 4 is 62.8 Å². The van der Waals surface area contributed by atoms with Crippen molar-refractivity contribution in [3.8, 4) is 0 Å². The lowest BCUT2D eigenvalue weighted by Gasteiger charge is -2.25. The molecule has 4 rings (SSSR count). The first kappa shape index (κ1) is 28.1. The zero-order valence-electron chi connectivity index (χ0n) is 21.6. The molecule has 2 atom stereocenters. The Hall–Kier alpha value is -3.94. The Morgan fingerprint density at radius 3 is 2.69 bits per heavy atom. The second-order valence-electron chi connectivity index (χ2n) is 9.83. The second-order valence-corrected chi connectivity index (χ2v) is 10.7. The molecule has 1 aromatic carbocycles. The molecule has 2 bridgehead atoms. The van der Waals surface area contributed by atoms with Gasteiger partial charge in [-0.2, -0.15) is 4.98 Å². The molecule has 3 heterocycles. The van der Waals surface area contributed by atoms with Crippen LogP contribution in [0.2, 0.25) is 0 Å². The molecule has 39 heavy (non-hydrogen) atoms. The predicted octanol–water partition coefficient (Wildman–Crippen LogP) is 1.35. The van der Waals surface area contributed by atoms with E-state index in [4.69, 9.17) is 10.5 Å². The van der Waals surface area contributed by atoms with E-state index in [9.17, 15) is 19.2 Å². The minimum absolute atomic E-state index is 0.0588. The fourth-order valence-corrected chi connectivity index (χ4v) is 4.45. The summed E-state index contributed by atoms with van der Waals surface area (Å²) in [7, 11) is 0. The van der Waals surface area contributed by atoms with Crippen LogP contribution in [0.5, 0.6) is 0 Å². The van der Waals surface area contributed by atoms with E-state index in [-0.39, 0.29) is 24.5 Å². The summed E-state index contributed by atoms with van der Waals surface area (Å²) in [6.45, 7) is 4.34. The number of aromatic nitrogens is 2. The van der Waals surface area contributed by atoms with E-state index in [0.29, 0.717) is 54.4 Å². The largest absolute Gasteiger partial charge is 0.459 e. The number of nitrogens with zero attached hydrogens (tertiary/aromatic N) is 3. The molecule has 2 aliphatic rings. The van der Waals surface area contributed by atoms with E-state index in [1.807, 2.05) is 24.3 Å². The van der Waals surface area contributed by atoms with Gasteiger partial charge in [0, 0.05) is 37.1 Å². The summed E-state index contributed by atoms with van der Waals surface area (Å²) in [4.78, 5) is 58.2. The number of likely N-dealkylation sites (tertiary alicyclic amines) is 1. The van der Waals surface area contributed by atoms with Crippen molar-refractivity contribution in [3.05, 3.63) is 34.9 Å². The molecule has 0 spiro atoms. The Labute approximate surface area is 233 Å². The van der Waals surface area contributed by atoms with Crippen LogP contribution in [0.25, 0.3) is 0 Å². The van der Waals surface area contributed by atoms with Crippen LogP contribution in [0.4, 0.5) is 23.1 Å². The molecule has 2 fully saturated rings. The number of carbonyl (C=O) groups is 4. The number of ether oxygens (including phenoxy) is 1. The second kappa shape index (κ2) is 11.8. The smallest absolute Gasteiger partial charge is 0.329 e. The normalized spacial score (nSPS) is 17.9. The number of amides is 3. The number of nitrogens with two attached hydrogens (primary N) is 1. The molecule has 208 valence electrons. The maximum Gasteiger partial charge on any atom is 0.329 e. The van der Waals surface area contributed by atoms with Crippen molar-refractivity contribution in [1.82, 2.24) is 20.2 Å². The van der Waals surface area contributed by atoms with E-state index in [0.717, 1.165) is 5.69 Å². The third-order valence-electron chi connectivity index (χ3n) is 6.56. The van der Waals surface area contributed by atoms with Gasteiger partial charge in [-0.1, -0.05) is 6.07 Å². The number of halogens is 1. The van der Waals surface area contributed by atoms with Crippen LogP contribution in [0.3, 0.4) is 0 Å². The molecular formula is C25H31BrN8O5. The van der Waals surface area contributed by atoms with Gasteiger partial charge in [0.25, 0.3) is 0 Å². The first-order valence-corrected chi connectivity index (χ1v) is 13.3. The third kappa shape index (κ3) is 6.74. The first-order valence-electron chi connectivity index (χ1n) is 12.5. The van der Waals surface area contributed by atoms with Gasteiger partial charge in [-0.3, -0.25) is 14.4 Å². The lowest BCUT2D eigenvalue weighted by Crippen LogP contribution is -2.46. The summed E-state index contributed by atoms with van der Waals surface area (Å²) in [6, 6.07) is 6.86. The summed E-state index contributed by atoms with van der Waals surface area (Å²) >= 11 is 3.43. The van der Waals surface area contributed by atoms with E-state index < -0.39 is 23.3 Å². The molecule has 6 N–H and O–H groups in total. The Balaban J connectivity index is 1.26. The number of morpholine rings is 1. The number of primary amides is 1. The number of hydrogen-bond donors (Lipinski definition) is 5. The molecule has 14 heteroatoms. The molecule has 2 aromatic rings. The van der Waals surface area contributed by atoms with Gasteiger partial charge in [0.15, 0.2) is 0 Å². The Morgan fingerprint density at radius 2 is 1.97 bits per heavy atom. The molecule has 13 nitrogen and oxygen atoms in total. The van der Waals surface area contributed by atoms with Gasteiger partial charge in [-0.15, -0.1) is 0 Å². The van der Waals surface area contributed by atoms with Crippen LogP contribution in [0.15, 0.2) is 34.9 Å². The van der Waals surface area contributed by atoms with E-state index in [1.54, 1.807) is 11.1 Å². The van der Waals surface area contributed by atoms with Gasteiger partial charge < -0.3 is 36.6 Å². The quantitative estimate of drug-likeness (QED) is 0.135. The lowest BCUT2D eigenvalue weighted by molar-refractivity contribution is -0.156. The molecule has 0 aliphatic carbocycles. The minimum Gasteiger partial charge on any atom is -0.459 e. The van der Waals surface area contributed by atoms with Crippen molar-refractivity contribution in [3.63, 3.8) is 0 Å². The average Bonchev–Trinajstić information content (AvgIpc) is 3.48.